The van der Waals surface area contributed by atoms with Gasteiger partial charge in [0.05, 0.1) is 36.8 Å². The van der Waals surface area contributed by atoms with Crippen LogP contribution >= 0.6 is 0 Å². The zero-order valence-electron chi connectivity index (χ0n) is 17.7. The van der Waals surface area contributed by atoms with Gasteiger partial charge in [-0.1, -0.05) is 6.07 Å². The minimum Gasteiger partial charge on any atom is -0.504 e. The molecule has 0 aliphatic carbocycles. The van der Waals surface area contributed by atoms with Gasteiger partial charge in [-0.25, -0.2) is 0 Å². The number of phenolic OH excluding ortho intramolecular Hbond substituents is 1. The fraction of sp³-hybridized carbons (Fsp3) is 0.333. The predicted molar refractivity (Wildman–Crippen MR) is 115 cm³/mol. The number of para-hydroxylation sites is 1. The molecule has 3 aromatic rings. The molecule has 158 valence electrons. The number of nitrogens with two attached hydrogens (primary N) is 1. The Morgan fingerprint density at radius 3 is 2.37 bits per heavy atom. The summed E-state index contributed by atoms with van der Waals surface area (Å²) in [4.78, 5) is 0. The molecule has 0 amide bonds. The molecule has 6 heteroatoms. The SMILES string of the molecule is CCOc1cc2c(cc1OCC)-n1cccc1[C@H](c1cccc(OCC)c1O)[NH2+]C2. The van der Waals surface area contributed by atoms with Crippen LogP contribution in [0.15, 0.2) is 48.7 Å². The van der Waals surface area contributed by atoms with Crippen molar-refractivity contribution in [3.63, 3.8) is 0 Å². The number of aromatic hydroxyl groups is 1. The number of benzene rings is 2. The van der Waals surface area contributed by atoms with Crippen molar-refractivity contribution in [2.24, 2.45) is 0 Å². The summed E-state index contributed by atoms with van der Waals surface area (Å²) < 4.78 is 19.5. The number of phenols is 1. The monoisotopic (exact) mass is 409 g/mol. The van der Waals surface area contributed by atoms with Crippen LogP contribution in [-0.2, 0) is 6.54 Å². The number of fused-ring (bicyclic) bond motifs is 3. The van der Waals surface area contributed by atoms with Crippen LogP contribution < -0.4 is 19.5 Å². The fourth-order valence-corrected chi connectivity index (χ4v) is 4.10. The van der Waals surface area contributed by atoms with Gasteiger partial charge in [-0.3, -0.25) is 0 Å². The second-order valence-corrected chi connectivity index (χ2v) is 7.14. The van der Waals surface area contributed by atoms with E-state index in [2.05, 4.69) is 34.3 Å². The number of quaternary nitrogens is 1. The molecule has 1 atom stereocenters. The van der Waals surface area contributed by atoms with Gasteiger partial charge in [-0.15, -0.1) is 0 Å². The number of ether oxygens (including phenoxy) is 3. The van der Waals surface area contributed by atoms with Crippen LogP contribution in [0, 0.1) is 0 Å². The minimum absolute atomic E-state index is 0.0705. The minimum atomic E-state index is -0.0705. The van der Waals surface area contributed by atoms with Crippen molar-refractivity contribution in [3.8, 4) is 28.7 Å². The molecule has 6 nitrogen and oxygen atoms in total. The van der Waals surface area contributed by atoms with E-state index in [1.807, 2.05) is 39.0 Å². The molecule has 0 unspecified atom stereocenters. The summed E-state index contributed by atoms with van der Waals surface area (Å²) in [5.41, 5.74) is 4.15. The molecule has 30 heavy (non-hydrogen) atoms. The first-order valence-electron chi connectivity index (χ1n) is 10.6. The van der Waals surface area contributed by atoms with Crippen molar-refractivity contribution in [2.45, 2.75) is 33.4 Å². The highest BCUT2D eigenvalue weighted by atomic mass is 16.5. The number of nitrogens with zero attached hydrogens (tertiary/aromatic N) is 1. The standard InChI is InChI=1S/C24H28N2O4/c1-4-28-20-11-7-9-17(24(20)27)23-18-10-8-12-26(18)19-14-22(30-6-3)21(29-5-2)13-16(19)15-25-23/h7-14,23,25,27H,4-6,15H2,1-3H3/p+1/t23-/m0/s1. The average molecular weight is 410 g/mol. The molecule has 4 rings (SSSR count). The molecule has 0 bridgehead atoms. The van der Waals surface area contributed by atoms with Gasteiger partial charge in [-0.05, 0) is 51.1 Å². The van der Waals surface area contributed by atoms with Crippen molar-refractivity contribution < 1.29 is 24.6 Å². The second kappa shape index (κ2) is 8.71. The average Bonchev–Trinajstić information content (AvgIpc) is 3.17. The van der Waals surface area contributed by atoms with Crippen LogP contribution in [0.25, 0.3) is 5.69 Å². The van der Waals surface area contributed by atoms with E-state index < -0.39 is 0 Å². The molecule has 0 saturated heterocycles. The Morgan fingerprint density at radius 2 is 1.63 bits per heavy atom. The first-order chi connectivity index (χ1) is 14.7. The lowest BCUT2D eigenvalue weighted by Gasteiger charge is -2.18. The zero-order valence-corrected chi connectivity index (χ0v) is 17.7. The molecule has 2 heterocycles. The Bertz CT molecular complexity index is 1030. The topological polar surface area (TPSA) is 69.5 Å². The summed E-state index contributed by atoms with van der Waals surface area (Å²) in [6.45, 7) is 8.27. The van der Waals surface area contributed by atoms with E-state index in [1.165, 1.54) is 0 Å². The van der Waals surface area contributed by atoms with E-state index in [0.29, 0.717) is 25.6 Å². The van der Waals surface area contributed by atoms with Gasteiger partial charge in [0, 0.05) is 17.8 Å². The van der Waals surface area contributed by atoms with Crippen LogP contribution in [0.3, 0.4) is 0 Å². The molecule has 1 aliphatic rings. The highest BCUT2D eigenvalue weighted by Gasteiger charge is 2.30. The summed E-state index contributed by atoms with van der Waals surface area (Å²) in [5.74, 6) is 2.22. The third kappa shape index (κ3) is 3.59. The molecule has 2 aromatic carbocycles. The van der Waals surface area contributed by atoms with Crippen molar-refractivity contribution in [2.75, 3.05) is 19.8 Å². The van der Waals surface area contributed by atoms with Crippen molar-refractivity contribution in [1.29, 1.82) is 0 Å². The van der Waals surface area contributed by atoms with E-state index in [1.54, 1.807) is 6.07 Å². The van der Waals surface area contributed by atoms with Gasteiger partial charge in [0.2, 0.25) is 0 Å². The Morgan fingerprint density at radius 1 is 0.933 bits per heavy atom. The largest absolute Gasteiger partial charge is 0.504 e. The van der Waals surface area contributed by atoms with E-state index in [-0.39, 0.29) is 11.8 Å². The second-order valence-electron chi connectivity index (χ2n) is 7.14. The summed E-state index contributed by atoms with van der Waals surface area (Å²) in [6, 6.07) is 13.9. The molecular formula is C24H29N2O4+. The first-order valence-corrected chi connectivity index (χ1v) is 10.6. The Kier molecular flexibility index (Phi) is 5.86. The van der Waals surface area contributed by atoms with E-state index in [0.717, 1.165) is 40.6 Å². The normalized spacial score (nSPS) is 15.1. The van der Waals surface area contributed by atoms with Crippen LogP contribution in [0.2, 0.25) is 0 Å². The van der Waals surface area contributed by atoms with Gasteiger partial charge in [0.15, 0.2) is 29.0 Å². The lowest BCUT2D eigenvalue weighted by Crippen LogP contribution is -2.83. The number of rotatable bonds is 7. The van der Waals surface area contributed by atoms with Crippen LogP contribution in [-0.4, -0.2) is 29.5 Å². The lowest BCUT2D eigenvalue weighted by atomic mass is 10.0. The van der Waals surface area contributed by atoms with Crippen molar-refractivity contribution in [3.05, 3.63) is 65.5 Å². The summed E-state index contributed by atoms with van der Waals surface area (Å²) in [5, 5.41) is 13.1. The molecule has 3 N–H and O–H groups in total. The molecule has 1 aliphatic heterocycles. The first kappa shape index (κ1) is 20.2. The third-order valence-corrected chi connectivity index (χ3v) is 5.34. The number of hydrogen-bond donors (Lipinski definition) is 2. The highest BCUT2D eigenvalue weighted by molar-refractivity contribution is 5.56. The molecule has 0 radical (unpaired) electrons. The fourth-order valence-electron chi connectivity index (χ4n) is 4.10. The smallest absolute Gasteiger partial charge is 0.167 e. The third-order valence-electron chi connectivity index (χ3n) is 5.34. The Labute approximate surface area is 177 Å². The maximum absolute atomic E-state index is 10.9. The van der Waals surface area contributed by atoms with E-state index in [4.69, 9.17) is 14.2 Å². The maximum atomic E-state index is 10.9. The summed E-state index contributed by atoms with van der Waals surface area (Å²) in [7, 11) is 0. The molecule has 1 aromatic heterocycles. The van der Waals surface area contributed by atoms with Crippen LogP contribution in [0.1, 0.15) is 43.6 Å². The molecular weight excluding hydrogens is 380 g/mol. The van der Waals surface area contributed by atoms with Crippen LogP contribution in [0.5, 0.6) is 23.0 Å². The van der Waals surface area contributed by atoms with Gasteiger partial charge < -0.3 is 29.2 Å². The van der Waals surface area contributed by atoms with Gasteiger partial charge in [0.25, 0.3) is 0 Å². The Balaban J connectivity index is 1.81. The molecule has 0 fully saturated rings. The van der Waals surface area contributed by atoms with Crippen molar-refractivity contribution in [1.82, 2.24) is 4.57 Å². The van der Waals surface area contributed by atoms with Crippen LogP contribution in [0.4, 0.5) is 0 Å². The quantitative estimate of drug-likeness (QED) is 0.626. The van der Waals surface area contributed by atoms with E-state index in [9.17, 15) is 5.11 Å². The summed E-state index contributed by atoms with van der Waals surface area (Å²) in [6.07, 6.45) is 2.06. The lowest BCUT2D eigenvalue weighted by molar-refractivity contribution is -0.702. The van der Waals surface area contributed by atoms with Gasteiger partial charge >= 0.3 is 0 Å². The van der Waals surface area contributed by atoms with Gasteiger partial charge in [0.1, 0.15) is 6.54 Å². The Hall–Kier alpha value is -3.12. The molecule has 0 saturated carbocycles. The summed E-state index contributed by atoms with van der Waals surface area (Å²) >= 11 is 0. The van der Waals surface area contributed by atoms with Crippen molar-refractivity contribution >= 4 is 0 Å². The highest BCUT2D eigenvalue weighted by Crippen LogP contribution is 2.39. The maximum Gasteiger partial charge on any atom is 0.167 e. The van der Waals surface area contributed by atoms with E-state index >= 15 is 0 Å². The number of hydrogen-bond acceptors (Lipinski definition) is 4. The molecule has 0 spiro atoms. The predicted octanol–water partition coefficient (Wildman–Crippen LogP) is 3.55. The van der Waals surface area contributed by atoms with Gasteiger partial charge in [-0.2, -0.15) is 0 Å². The number of aromatic nitrogens is 1. The zero-order chi connectivity index (χ0) is 21.1.